The van der Waals surface area contributed by atoms with Crippen LogP contribution >= 0.6 is 11.3 Å². The van der Waals surface area contributed by atoms with Gasteiger partial charge in [-0.2, -0.15) is 0 Å². The Bertz CT molecular complexity index is 372. The number of hydrogen-bond acceptors (Lipinski definition) is 3. The Morgan fingerprint density at radius 1 is 1.41 bits per heavy atom. The first kappa shape index (κ1) is 13.0. The molecule has 0 radical (unpaired) electrons. The van der Waals surface area contributed by atoms with Crippen LogP contribution < -0.4 is 5.32 Å². The van der Waals surface area contributed by atoms with E-state index in [2.05, 4.69) is 38.4 Å². The van der Waals surface area contributed by atoms with Crippen LogP contribution in [0.25, 0.3) is 0 Å². The van der Waals surface area contributed by atoms with Gasteiger partial charge in [0.1, 0.15) is 0 Å². The normalized spacial score (nSPS) is 18.4. The van der Waals surface area contributed by atoms with E-state index in [0.717, 1.165) is 13.1 Å². The highest BCUT2D eigenvalue weighted by molar-refractivity contribution is 7.09. The zero-order chi connectivity index (χ0) is 12.5. The molecule has 1 fully saturated rings. The second kappa shape index (κ2) is 4.69. The first-order valence-corrected chi connectivity index (χ1v) is 7.49. The summed E-state index contributed by atoms with van der Waals surface area (Å²) in [7, 11) is 0. The maximum atomic E-state index is 4.81. The van der Waals surface area contributed by atoms with E-state index >= 15 is 0 Å². The zero-order valence-corrected chi connectivity index (χ0v) is 12.3. The molecule has 1 aromatic heterocycles. The summed E-state index contributed by atoms with van der Waals surface area (Å²) in [6.07, 6.45) is 3.90. The van der Waals surface area contributed by atoms with Crippen molar-refractivity contribution < 1.29 is 0 Å². The van der Waals surface area contributed by atoms with Gasteiger partial charge in [0.15, 0.2) is 0 Å². The Kier molecular flexibility index (Phi) is 3.60. The summed E-state index contributed by atoms with van der Waals surface area (Å²) in [6, 6.07) is 0. The number of aromatic nitrogens is 1. The number of nitrogens with zero attached hydrogens (tertiary/aromatic N) is 1. The van der Waals surface area contributed by atoms with E-state index in [-0.39, 0.29) is 5.41 Å². The third-order valence-electron chi connectivity index (χ3n) is 3.55. The highest BCUT2D eigenvalue weighted by Crippen LogP contribution is 2.48. The van der Waals surface area contributed by atoms with Gasteiger partial charge in [0.05, 0.1) is 10.7 Å². The zero-order valence-electron chi connectivity index (χ0n) is 11.5. The minimum atomic E-state index is 0.188. The second-order valence-electron chi connectivity index (χ2n) is 6.33. The Hall–Kier alpha value is -0.410. The van der Waals surface area contributed by atoms with Crippen molar-refractivity contribution in [2.24, 2.45) is 5.41 Å². The second-order valence-corrected chi connectivity index (χ2v) is 7.28. The van der Waals surface area contributed by atoms with E-state index in [0.29, 0.717) is 5.41 Å². The molecule has 0 aliphatic heterocycles. The molecule has 0 spiro atoms. The van der Waals surface area contributed by atoms with Crippen molar-refractivity contribution in [3.8, 4) is 0 Å². The van der Waals surface area contributed by atoms with Gasteiger partial charge in [0, 0.05) is 23.8 Å². The Balaban J connectivity index is 1.98. The van der Waals surface area contributed by atoms with Crippen LogP contribution in [0, 0.1) is 5.41 Å². The largest absolute Gasteiger partial charge is 0.316 e. The van der Waals surface area contributed by atoms with Crippen LogP contribution in [0.2, 0.25) is 0 Å². The third-order valence-corrected chi connectivity index (χ3v) is 4.40. The molecule has 2 rings (SSSR count). The molecule has 1 aliphatic rings. The minimum Gasteiger partial charge on any atom is -0.316 e. The molecule has 0 unspecified atom stereocenters. The molecule has 1 aliphatic carbocycles. The van der Waals surface area contributed by atoms with Crippen molar-refractivity contribution in [1.82, 2.24) is 10.3 Å². The summed E-state index contributed by atoms with van der Waals surface area (Å²) in [5.41, 5.74) is 1.97. The molecule has 1 aromatic rings. The highest BCUT2D eigenvalue weighted by Gasteiger charge is 2.42. The molecule has 1 N–H and O–H groups in total. The highest BCUT2D eigenvalue weighted by atomic mass is 32.1. The maximum absolute atomic E-state index is 4.81. The van der Waals surface area contributed by atoms with E-state index in [4.69, 9.17) is 4.98 Å². The summed E-state index contributed by atoms with van der Waals surface area (Å²) >= 11 is 1.84. The number of rotatable bonds is 5. The van der Waals surface area contributed by atoms with Crippen molar-refractivity contribution in [3.05, 3.63) is 16.1 Å². The van der Waals surface area contributed by atoms with Gasteiger partial charge < -0.3 is 5.32 Å². The van der Waals surface area contributed by atoms with Crippen molar-refractivity contribution in [2.45, 2.75) is 52.4 Å². The minimum absolute atomic E-state index is 0.188. The average molecular weight is 252 g/mol. The topological polar surface area (TPSA) is 24.9 Å². The number of thiazole rings is 1. The molecule has 0 amide bonds. The van der Waals surface area contributed by atoms with Crippen molar-refractivity contribution in [2.75, 3.05) is 13.1 Å². The van der Waals surface area contributed by atoms with Gasteiger partial charge in [-0.05, 0) is 24.8 Å². The summed E-state index contributed by atoms with van der Waals surface area (Å²) in [5.74, 6) is 0. The van der Waals surface area contributed by atoms with Gasteiger partial charge in [0.2, 0.25) is 0 Å². The van der Waals surface area contributed by atoms with E-state index < -0.39 is 0 Å². The molecule has 0 bridgehead atoms. The van der Waals surface area contributed by atoms with Crippen LogP contribution in [0.4, 0.5) is 0 Å². The van der Waals surface area contributed by atoms with Crippen LogP contribution in [0.5, 0.6) is 0 Å². The van der Waals surface area contributed by atoms with Crippen LogP contribution in [0.1, 0.15) is 51.2 Å². The molecule has 3 heteroatoms. The predicted octanol–water partition coefficient (Wildman–Crippen LogP) is 3.37. The monoisotopic (exact) mass is 252 g/mol. The Morgan fingerprint density at radius 3 is 2.59 bits per heavy atom. The van der Waals surface area contributed by atoms with E-state index in [1.165, 1.54) is 30.0 Å². The molecular weight excluding hydrogens is 228 g/mol. The van der Waals surface area contributed by atoms with Crippen molar-refractivity contribution >= 4 is 11.3 Å². The summed E-state index contributed by atoms with van der Waals surface area (Å²) in [4.78, 5) is 4.81. The van der Waals surface area contributed by atoms with Gasteiger partial charge in [0.25, 0.3) is 0 Å². The van der Waals surface area contributed by atoms with Gasteiger partial charge in [-0.1, -0.05) is 27.7 Å². The molecule has 17 heavy (non-hydrogen) atoms. The smallest absolute Gasteiger partial charge is 0.0934 e. The standard InChI is InChI=1S/C14H24N2S/c1-5-15-10-14(6-7-14)8-12-16-11(9-17-12)13(2,3)4/h9,15H,5-8,10H2,1-4H3. The SMILES string of the molecule is CCNCC1(Cc2nc(C(C)(C)C)cs2)CC1. The molecule has 0 atom stereocenters. The fourth-order valence-electron chi connectivity index (χ4n) is 2.04. The van der Waals surface area contributed by atoms with Crippen molar-refractivity contribution in [1.29, 1.82) is 0 Å². The Labute approximate surface area is 109 Å². The summed E-state index contributed by atoms with van der Waals surface area (Å²) in [6.45, 7) is 11.1. The molecular formula is C14H24N2S. The molecule has 96 valence electrons. The molecule has 1 heterocycles. The van der Waals surface area contributed by atoms with E-state index in [1.807, 2.05) is 11.3 Å². The lowest BCUT2D eigenvalue weighted by Gasteiger charge is -2.15. The summed E-state index contributed by atoms with van der Waals surface area (Å²) < 4.78 is 0. The van der Waals surface area contributed by atoms with Gasteiger partial charge in [-0.3, -0.25) is 0 Å². The van der Waals surface area contributed by atoms with Crippen LogP contribution in [-0.2, 0) is 11.8 Å². The maximum Gasteiger partial charge on any atom is 0.0934 e. The fraction of sp³-hybridized carbons (Fsp3) is 0.786. The van der Waals surface area contributed by atoms with Crippen molar-refractivity contribution in [3.63, 3.8) is 0 Å². The van der Waals surface area contributed by atoms with Crippen LogP contribution in [-0.4, -0.2) is 18.1 Å². The average Bonchev–Trinajstić information content (AvgIpc) is 2.81. The molecule has 1 saturated carbocycles. The third kappa shape index (κ3) is 3.29. The molecule has 0 aromatic carbocycles. The quantitative estimate of drug-likeness (QED) is 0.869. The van der Waals surface area contributed by atoms with Gasteiger partial charge >= 0.3 is 0 Å². The lowest BCUT2D eigenvalue weighted by molar-refractivity contribution is 0.460. The van der Waals surface area contributed by atoms with E-state index in [9.17, 15) is 0 Å². The van der Waals surface area contributed by atoms with E-state index in [1.54, 1.807) is 0 Å². The predicted molar refractivity (Wildman–Crippen MR) is 74.7 cm³/mol. The lowest BCUT2D eigenvalue weighted by Crippen LogP contribution is -2.25. The lowest BCUT2D eigenvalue weighted by atomic mass is 9.93. The molecule has 0 saturated heterocycles. The van der Waals surface area contributed by atoms with Gasteiger partial charge in [-0.15, -0.1) is 11.3 Å². The van der Waals surface area contributed by atoms with Crippen LogP contribution in [0.15, 0.2) is 5.38 Å². The molecule has 2 nitrogen and oxygen atoms in total. The Morgan fingerprint density at radius 2 is 2.12 bits per heavy atom. The first-order chi connectivity index (χ1) is 7.95. The number of hydrogen-bond donors (Lipinski definition) is 1. The first-order valence-electron chi connectivity index (χ1n) is 6.61. The fourth-order valence-corrected chi connectivity index (χ4v) is 3.23. The summed E-state index contributed by atoms with van der Waals surface area (Å²) in [5, 5.41) is 7.04. The van der Waals surface area contributed by atoms with Crippen LogP contribution in [0.3, 0.4) is 0 Å². The van der Waals surface area contributed by atoms with Gasteiger partial charge in [-0.25, -0.2) is 4.98 Å². The number of nitrogens with one attached hydrogen (secondary N) is 1.